The Morgan fingerprint density at radius 1 is 1.11 bits per heavy atom. The van der Waals surface area contributed by atoms with E-state index in [4.69, 9.17) is 4.74 Å². The number of aliphatic imine (C=N–C) groups is 1. The third-order valence-corrected chi connectivity index (χ3v) is 4.04. The van der Waals surface area contributed by atoms with E-state index in [1.165, 1.54) is 5.56 Å². The van der Waals surface area contributed by atoms with Crippen molar-refractivity contribution in [2.24, 2.45) is 4.99 Å². The molecule has 27 heavy (non-hydrogen) atoms. The highest BCUT2D eigenvalue weighted by Crippen LogP contribution is 2.20. The van der Waals surface area contributed by atoms with Crippen molar-refractivity contribution >= 4 is 29.9 Å². The van der Waals surface area contributed by atoms with Crippen LogP contribution >= 0.6 is 24.0 Å². The summed E-state index contributed by atoms with van der Waals surface area (Å²) in [6.07, 6.45) is -4.33. The molecule has 1 aliphatic rings. The first kappa shape index (κ1) is 21.3. The lowest BCUT2D eigenvalue weighted by molar-refractivity contribution is -0.153. The summed E-state index contributed by atoms with van der Waals surface area (Å²) in [7, 11) is 1.92. The molecular weight excluding hydrogens is 470 g/mol. The van der Waals surface area contributed by atoms with E-state index in [2.05, 4.69) is 22.4 Å². The van der Waals surface area contributed by atoms with Gasteiger partial charge < -0.3 is 15.0 Å². The van der Waals surface area contributed by atoms with Crippen LogP contribution in [0.3, 0.4) is 0 Å². The first-order chi connectivity index (χ1) is 12.4. The van der Waals surface area contributed by atoms with Crippen molar-refractivity contribution in [3.63, 3.8) is 0 Å². The van der Waals surface area contributed by atoms with Gasteiger partial charge in [-0.1, -0.05) is 42.5 Å². The van der Waals surface area contributed by atoms with Crippen LogP contribution in [-0.2, 0) is 6.54 Å². The minimum absolute atomic E-state index is 0. The van der Waals surface area contributed by atoms with Crippen molar-refractivity contribution in [1.29, 1.82) is 0 Å². The maximum Gasteiger partial charge on any atom is 0.422 e. The fourth-order valence-corrected chi connectivity index (χ4v) is 2.73. The molecule has 2 aromatic carbocycles. The van der Waals surface area contributed by atoms with E-state index >= 15 is 0 Å². The molecule has 4 nitrogen and oxygen atoms in total. The minimum Gasteiger partial charge on any atom is -0.484 e. The van der Waals surface area contributed by atoms with Crippen LogP contribution in [0.4, 0.5) is 13.2 Å². The van der Waals surface area contributed by atoms with E-state index in [1.807, 2.05) is 30.1 Å². The van der Waals surface area contributed by atoms with E-state index in [9.17, 15) is 13.2 Å². The molecule has 0 spiro atoms. The third kappa shape index (κ3) is 6.30. The standard InChI is InChI=1S/C19H20F3N3O.HI/c1-25(18-23-11-17(24-18)15-5-3-2-4-6-15)12-14-7-9-16(10-8-14)26-13-19(20,21)22;/h2-10,17H,11-13H2,1H3,(H,23,24);1H. The van der Waals surface area contributed by atoms with E-state index in [1.54, 1.807) is 24.3 Å². The number of guanidine groups is 1. The summed E-state index contributed by atoms with van der Waals surface area (Å²) in [5, 5.41) is 3.40. The fraction of sp³-hybridized carbons (Fsp3) is 0.316. The largest absolute Gasteiger partial charge is 0.484 e. The molecule has 1 N–H and O–H groups in total. The van der Waals surface area contributed by atoms with Gasteiger partial charge in [-0.3, -0.25) is 4.99 Å². The maximum atomic E-state index is 12.2. The monoisotopic (exact) mass is 491 g/mol. The molecule has 2 aromatic rings. The topological polar surface area (TPSA) is 36.9 Å². The van der Waals surface area contributed by atoms with Gasteiger partial charge in [0.2, 0.25) is 0 Å². The number of halogens is 4. The number of nitrogens with zero attached hydrogens (tertiary/aromatic N) is 2. The van der Waals surface area contributed by atoms with Gasteiger partial charge in [-0.05, 0) is 23.3 Å². The fourth-order valence-electron chi connectivity index (χ4n) is 2.73. The molecule has 8 heteroatoms. The number of hydrogen-bond acceptors (Lipinski definition) is 4. The van der Waals surface area contributed by atoms with E-state index in [0.29, 0.717) is 13.1 Å². The summed E-state index contributed by atoms with van der Waals surface area (Å²) in [4.78, 5) is 6.53. The summed E-state index contributed by atoms with van der Waals surface area (Å²) in [5.41, 5.74) is 2.14. The van der Waals surface area contributed by atoms with Crippen LogP contribution < -0.4 is 10.1 Å². The summed E-state index contributed by atoms with van der Waals surface area (Å²) < 4.78 is 41.2. The second-order valence-corrected chi connectivity index (χ2v) is 6.18. The van der Waals surface area contributed by atoms with Crippen LogP contribution in [0, 0.1) is 0 Å². The van der Waals surface area contributed by atoms with Crippen LogP contribution in [-0.4, -0.2) is 37.2 Å². The highest BCUT2D eigenvalue weighted by Gasteiger charge is 2.28. The van der Waals surface area contributed by atoms with E-state index in [0.717, 1.165) is 11.5 Å². The molecule has 146 valence electrons. The Bertz CT molecular complexity index is 751. The zero-order valence-corrected chi connectivity index (χ0v) is 17.1. The summed E-state index contributed by atoms with van der Waals surface area (Å²) in [5.74, 6) is 1.01. The van der Waals surface area contributed by atoms with Gasteiger partial charge in [0.15, 0.2) is 12.6 Å². The second kappa shape index (κ2) is 9.29. The first-order valence-electron chi connectivity index (χ1n) is 8.26. The van der Waals surface area contributed by atoms with Gasteiger partial charge in [0.1, 0.15) is 5.75 Å². The zero-order chi connectivity index (χ0) is 18.6. The Hall–Kier alpha value is -1.97. The summed E-state index contributed by atoms with van der Waals surface area (Å²) in [6, 6.07) is 16.9. The smallest absolute Gasteiger partial charge is 0.422 e. The number of nitrogens with one attached hydrogen (secondary N) is 1. The quantitative estimate of drug-likeness (QED) is 0.632. The molecule has 0 bridgehead atoms. The molecule has 0 radical (unpaired) electrons. The molecule has 0 saturated carbocycles. The predicted molar refractivity (Wildman–Crippen MR) is 109 cm³/mol. The lowest BCUT2D eigenvalue weighted by atomic mass is 10.1. The third-order valence-electron chi connectivity index (χ3n) is 4.04. The molecule has 0 aliphatic carbocycles. The molecule has 1 heterocycles. The highest BCUT2D eigenvalue weighted by molar-refractivity contribution is 14.0. The normalized spacial score (nSPS) is 16.1. The first-order valence-corrected chi connectivity index (χ1v) is 8.26. The lowest BCUT2D eigenvalue weighted by Crippen LogP contribution is -2.36. The molecule has 0 amide bonds. The molecule has 3 rings (SSSR count). The number of ether oxygens (including phenoxy) is 1. The number of benzene rings is 2. The van der Waals surface area contributed by atoms with Crippen LogP contribution in [0.2, 0.25) is 0 Å². The molecule has 0 fully saturated rings. The SMILES string of the molecule is CN(Cc1ccc(OCC(F)(F)F)cc1)C1=NCC(c2ccccc2)N1.I. The van der Waals surface area contributed by atoms with Gasteiger partial charge in [-0.15, -0.1) is 24.0 Å². The number of hydrogen-bond donors (Lipinski definition) is 1. The predicted octanol–water partition coefficient (Wildman–Crippen LogP) is 4.38. The molecule has 1 unspecified atom stereocenters. The van der Waals surface area contributed by atoms with Crippen molar-refractivity contribution in [2.45, 2.75) is 18.8 Å². The average Bonchev–Trinajstić information content (AvgIpc) is 3.11. The Morgan fingerprint density at radius 2 is 1.78 bits per heavy atom. The Labute approximate surface area is 173 Å². The second-order valence-electron chi connectivity index (χ2n) is 6.18. The van der Waals surface area contributed by atoms with Crippen LogP contribution in [0.15, 0.2) is 59.6 Å². The van der Waals surface area contributed by atoms with Gasteiger partial charge in [0.05, 0.1) is 12.6 Å². The van der Waals surface area contributed by atoms with Gasteiger partial charge in [-0.2, -0.15) is 13.2 Å². The lowest BCUT2D eigenvalue weighted by Gasteiger charge is -2.21. The van der Waals surface area contributed by atoms with Crippen LogP contribution in [0.25, 0.3) is 0 Å². The van der Waals surface area contributed by atoms with Crippen LogP contribution in [0.1, 0.15) is 17.2 Å². The van der Waals surface area contributed by atoms with E-state index in [-0.39, 0.29) is 35.8 Å². The van der Waals surface area contributed by atoms with Crippen molar-refractivity contribution in [3.05, 3.63) is 65.7 Å². The van der Waals surface area contributed by atoms with Gasteiger partial charge >= 0.3 is 6.18 Å². The van der Waals surface area contributed by atoms with E-state index < -0.39 is 12.8 Å². The molecule has 1 aliphatic heterocycles. The molecule has 1 atom stereocenters. The maximum absolute atomic E-state index is 12.2. The van der Waals surface area contributed by atoms with Crippen LogP contribution in [0.5, 0.6) is 5.75 Å². The van der Waals surface area contributed by atoms with Crippen molar-refractivity contribution < 1.29 is 17.9 Å². The van der Waals surface area contributed by atoms with Gasteiger partial charge in [0, 0.05) is 13.6 Å². The number of rotatable bonds is 5. The minimum atomic E-state index is -4.33. The number of alkyl halides is 3. The molecule has 0 saturated heterocycles. The molecular formula is C19H21F3IN3O. The molecule has 0 aromatic heterocycles. The van der Waals surface area contributed by atoms with Crippen molar-refractivity contribution in [3.8, 4) is 5.75 Å². The Morgan fingerprint density at radius 3 is 2.41 bits per heavy atom. The summed E-state index contributed by atoms with van der Waals surface area (Å²) in [6.45, 7) is -0.0192. The summed E-state index contributed by atoms with van der Waals surface area (Å²) >= 11 is 0. The Kier molecular flexibility index (Phi) is 7.34. The van der Waals surface area contributed by atoms with Gasteiger partial charge in [-0.25, -0.2) is 0 Å². The zero-order valence-electron chi connectivity index (χ0n) is 14.7. The van der Waals surface area contributed by atoms with Crippen molar-refractivity contribution in [1.82, 2.24) is 10.2 Å². The Balaban J connectivity index is 0.00000261. The highest BCUT2D eigenvalue weighted by atomic mass is 127. The van der Waals surface area contributed by atoms with Crippen molar-refractivity contribution in [2.75, 3.05) is 20.2 Å². The average molecular weight is 491 g/mol. The van der Waals surface area contributed by atoms with Gasteiger partial charge in [0.25, 0.3) is 0 Å².